The van der Waals surface area contributed by atoms with Crippen molar-refractivity contribution in [1.29, 1.82) is 0 Å². The number of hydrogen-bond acceptors (Lipinski definition) is 4. The maximum Gasteiger partial charge on any atom is 0.323 e. The van der Waals surface area contributed by atoms with Crippen LogP contribution in [0.2, 0.25) is 0 Å². The fourth-order valence-electron chi connectivity index (χ4n) is 4.17. The monoisotopic (exact) mass is 358 g/mol. The molecule has 1 saturated carbocycles. The van der Waals surface area contributed by atoms with Gasteiger partial charge in [0.2, 0.25) is 5.91 Å². The minimum absolute atomic E-state index is 0.0175. The lowest BCUT2D eigenvalue weighted by atomic mass is 9.94. The van der Waals surface area contributed by atoms with Crippen LogP contribution in [-0.2, 0) is 27.3 Å². The molecule has 1 unspecified atom stereocenters. The molecule has 1 aliphatic heterocycles. The Hall–Kier alpha value is -1.88. The van der Waals surface area contributed by atoms with E-state index in [1.807, 2.05) is 17.0 Å². The predicted molar refractivity (Wildman–Crippen MR) is 101 cm³/mol. The van der Waals surface area contributed by atoms with Crippen molar-refractivity contribution in [2.24, 2.45) is 0 Å². The van der Waals surface area contributed by atoms with Gasteiger partial charge in [-0.2, -0.15) is 0 Å². The van der Waals surface area contributed by atoms with Gasteiger partial charge >= 0.3 is 5.97 Å². The van der Waals surface area contributed by atoms with Crippen molar-refractivity contribution in [2.75, 3.05) is 13.7 Å². The first-order valence-corrected chi connectivity index (χ1v) is 9.85. The van der Waals surface area contributed by atoms with Gasteiger partial charge in [0.15, 0.2) is 0 Å². The highest BCUT2D eigenvalue weighted by atomic mass is 16.5. The van der Waals surface area contributed by atoms with Gasteiger partial charge in [0.25, 0.3) is 0 Å². The summed E-state index contributed by atoms with van der Waals surface area (Å²) in [6.45, 7) is 0.846. The molecule has 1 heterocycles. The zero-order valence-electron chi connectivity index (χ0n) is 15.7. The van der Waals surface area contributed by atoms with Crippen LogP contribution in [0.4, 0.5) is 0 Å². The maximum absolute atomic E-state index is 12.6. The Kier molecular flexibility index (Phi) is 6.67. The van der Waals surface area contributed by atoms with Crippen LogP contribution in [0.15, 0.2) is 24.3 Å². The molecule has 1 aromatic rings. The SMILES string of the molecule is COC(=O)C1Cc2ccccc2CN1CC(=O)NC1CCCCCCC1. The summed E-state index contributed by atoms with van der Waals surface area (Å²) in [5, 5.41) is 3.20. The van der Waals surface area contributed by atoms with Gasteiger partial charge in [-0.3, -0.25) is 14.5 Å². The van der Waals surface area contributed by atoms with Gasteiger partial charge in [0, 0.05) is 12.6 Å². The van der Waals surface area contributed by atoms with E-state index in [0.717, 1.165) is 12.8 Å². The van der Waals surface area contributed by atoms with E-state index in [2.05, 4.69) is 17.4 Å². The summed E-state index contributed by atoms with van der Waals surface area (Å²) in [6, 6.07) is 8.00. The molecular formula is C21H30N2O3. The Morgan fingerprint density at radius 2 is 1.73 bits per heavy atom. The van der Waals surface area contributed by atoms with Gasteiger partial charge in [0.1, 0.15) is 6.04 Å². The maximum atomic E-state index is 12.6. The van der Waals surface area contributed by atoms with Crippen molar-refractivity contribution >= 4 is 11.9 Å². The number of esters is 1. The Morgan fingerprint density at radius 1 is 1.08 bits per heavy atom. The van der Waals surface area contributed by atoms with Gasteiger partial charge in [-0.05, 0) is 30.4 Å². The number of benzene rings is 1. The molecule has 26 heavy (non-hydrogen) atoms. The van der Waals surface area contributed by atoms with E-state index in [9.17, 15) is 9.59 Å². The molecule has 3 rings (SSSR count). The van der Waals surface area contributed by atoms with Gasteiger partial charge in [-0.15, -0.1) is 0 Å². The number of nitrogens with one attached hydrogen (secondary N) is 1. The van der Waals surface area contributed by atoms with Crippen LogP contribution < -0.4 is 5.32 Å². The van der Waals surface area contributed by atoms with E-state index in [1.165, 1.54) is 50.3 Å². The summed E-state index contributed by atoms with van der Waals surface area (Å²) in [5.41, 5.74) is 2.35. The molecule has 1 N–H and O–H groups in total. The molecule has 0 bridgehead atoms. The van der Waals surface area contributed by atoms with E-state index in [4.69, 9.17) is 4.74 Å². The third kappa shape index (κ3) is 4.85. The standard InChI is InChI=1S/C21H30N2O3/c1-26-21(25)19-13-16-9-7-8-10-17(16)14-23(19)15-20(24)22-18-11-5-3-2-4-6-12-18/h7-10,18-19H,2-6,11-15H2,1H3,(H,22,24). The summed E-state index contributed by atoms with van der Waals surface area (Å²) in [7, 11) is 1.41. The second kappa shape index (κ2) is 9.17. The lowest BCUT2D eigenvalue weighted by Crippen LogP contribution is -2.51. The molecule has 2 aliphatic rings. The molecule has 142 valence electrons. The summed E-state index contributed by atoms with van der Waals surface area (Å²) in [6.07, 6.45) is 8.94. The quantitative estimate of drug-likeness (QED) is 0.841. The van der Waals surface area contributed by atoms with Crippen molar-refractivity contribution in [3.8, 4) is 0 Å². The molecular weight excluding hydrogens is 328 g/mol. The van der Waals surface area contributed by atoms with Crippen molar-refractivity contribution in [3.05, 3.63) is 35.4 Å². The van der Waals surface area contributed by atoms with E-state index < -0.39 is 6.04 Å². The first-order chi connectivity index (χ1) is 12.7. The number of hydrogen-bond donors (Lipinski definition) is 1. The van der Waals surface area contributed by atoms with E-state index >= 15 is 0 Å². The molecule has 1 fully saturated rings. The van der Waals surface area contributed by atoms with Crippen LogP contribution >= 0.6 is 0 Å². The van der Waals surface area contributed by atoms with Crippen LogP contribution in [0.3, 0.4) is 0 Å². The molecule has 1 amide bonds. The second-order valence-corrected chi connectivity index (χ2v) is 7.53. The Bertz CT molecular complexity index is 623. The van der Waals surface area contributed by atoms with Gasteiger partial charge < -0.3 is 10.1 Å². The van der Waals surface area contributed by atoms with Gasteiger partial charge in [-0.1, -0.05) is 56.4 Å². The van der Waals surface area contributed by atoms with Crippen molar-refractivity contribution in [1.82, 2.24) is 10.2 Å². The lowest BCUT2D eigenvalue weighted by molar-refractivity contribution is -0.148. The number of amides is 1. The third-order valence-corrected chi connectivity index (χ3v) is 5.64. The largest absolute Gasteiger partial charge is 0.468 e. The average molecular weight is 358 g/mol. The number of fused-ring (bicyclic) bond motifs is 1. The molecule has 1 atom stereocenters. The fraction of sp³-hybridized carbons (Fsp3) is 0.619. The Balaban J connectivity index is 1.63. The van der Waals surface area contributed by atoms with E-state index in [-0.39, 0.29) is 24.5 Å². The molecule has 5 heteroatoms. The number of ether oxygens (including phenoxy) is 1. The normalized spacial score (nSPS) is 22.0. The van der Waals surface area contributed by atoms with E-state index in [0.29, 0.717) is 13.0 Å². The number of carbonyl (C=O) groups is 2. The smallest absolute Gasteiger partial charge is 0.323 e. The minimum atomic E-state index is -0.391. The van der Waals surface area contributed by atoms with Crippen molar-refractivity contribution in [3.63, 3.8) is 0 Å². The Morgan fingerprint density at radius 3 is 2.42 bits per heavy atom. The number of nitrogens with zero attached hydrogens (tertiary/aromatic N) is 1. The molecule has 0 saturated heterocycles. The fourth-order valence-corrected chi connectivity index (χ4v) is 4.17. The zero-order valence-corrected chi connectivity index (χ0v) is 15.7. The van der Waals surface area contributed by atoms with Gasteiger partial charge in [0.05, 0.1) is 13.7 Å². The van der Waals surface area contributed by atoms with Crippen LogP contribution in [0.5, 0.6) is 0 Å². The first-order valence-electron chi connectivity index (χ1n) is 9.85. The first kappa shape index (κ1) is 18.9. The van der Waals surface area contributed by atoms with Crippen LogP contribution in [0, 0.1) is 0 Å². The van der Waals surface area contributed by atoms with E-state index in [1.54, 1.807) is 0 Å². The number of carbonyl (C=O) groups excluding carboxylic acids is 2. The molecule has 0 aromatic heterocycles. The van der Waals surface area contributed by atoms with Crippen LogP contribution in [0.1, 0.15) is 56.1 Å². The highest BCUT2D eigenvalue weighted by molar-refractivity contribution is 5.81. The third-order valence-electron chi connectivity index (χ3n) is 5.64. The predicted octanol–water partition coefficient (Wildman–Crippen LogP) is 2.82. The highest BCUT2D eigenvalue weighted by Gasteiger charge is 2.33. The zero-order chi connectivity index (χ0) is 18.4. The van der Waals surface area contributed by atoms with Crippen molar-refractivity contribution in [2.45, 2.75) is 70.0 Å². The van der Waals surface area contributed by atoms with Crippen LogP contribution in [0.25, 0.3) is 0 Å². The summed E-state index contributed by atoms with van der Waals surface area (Å²) in [5.74, 6) is -0.248. The molecule has 1 aromatic carbocycles. The van der Waals surface area contributed by atoms with Gasteiger partial charge in [-0.25, -0.2) is 0 Å². The second-order valence-electron chi connectivity index (χ2n) is 7.53. The van der Waals surface area contributed by atoms with Crippen molar-refractivity contribution < 1.29 is 14.3 Å². The number of rotatable bonds is 4. The lowest BCUT2D eigenvalue weighted by Gasteiger charge is -2.35. The number of methoxy groups -OCH3 is 1. The molecule has 1 aliphatic carbocycles. The van der Waals surface area contributed by atoms with Crippen LogP contribution in [-0.4, -0.2) is 42.5 Å². The minimum Gasteiger partial charge on any atom is -0.468 e. The topological polar surface area (TPSA) is 58.6 Å². The highest BCUT2D eigenvalue weighted by Crippen LogP contribution is 2.24. The summed E-state index contributed by atoms with van der Waals surface area (Å²) < 4.78 is 4.98. The summed E-state index contributed by atoms with van der Waals surface area (Å²) >= 11 is 0. The Labute approximate surface area is 156 Å². The molecule has 0 radical (unpaired) electrons. The molecule has 0 spiro atoms. The average Bonchev–Trinajstić information content (AvgIpc) is 2.62. The molecule has 5 nitrogen and oxygen atoms in total. The summed E-state index contributed by atoms with van der Waals surface area (Å²) in [4.78, 5) is 26.8.